The van der Waals surface area contributed by atoms with Gasteiger partial charge in [0.25, 0.3) is 0 Å². The zero-order valence-electron chi connectivity index (χ0n) is 14.8. The second-order valence-electron chi connectivity index (χ2n) is 6.55. The van der Waals surface area contributed by atoms with Crippen LogP contribution in [0.3, 0.4) is 0 Å². The Morgan fingerprint density at radius 3 is 2.44 bits per heavy atom. The molecule has 134 valence electrons. The molecule has 1 aromatic heterocycles. The van der Waals surface area contributed by atoms with E-state index in [9.17, 15) is 0 Å². The summed E-state index contributed by atoms with van der Waals surface area (Å²) in [4.78, 5) is 6.36. The van der Waals surface area contributed by atoms with Gasteiger partial charge in [0.15, 0.2) is 5.11 Å². The average Bonchev–Trinajstić information content (AvgIpc) is 3.11. The largest absolute Gasteiger partial charge is 0.358 e. The first-order valence-electron chi connectivity index (χ1n) is 8.72. The van der Waals surface area contributed by atoms with Crippen molar-refractivity contribution in [1.82, 2.24) is 15.1 Å². The van der Waals surface area contributed by atoms with Gasteiger partial charge in [-0.15, -0.1) is 11.3 Å². The number of para-hydroxylation sites is 1. The molecule has 1 aliphatic heterocycles. The van der Waals surface area contributed by atoms with E-state index in [1.807, 2.05) is 41.7 Å². The lowest BCUT2D eigenvalue weighted by atomic mass is 10.1. The maximum Gasteiger partial charge on any atom is 0.171 e. The number of hydrogen-bond acceptors (Lipinski definition) is 4. The van der Waals surface area contributed by atoms with E-state index in [-0.39, 0.29) is 6.04 Å². The van der Waals surface area contributed by atoms with Crippen molar-refractivity contribution in [2.45, 2.75) is 19.0 Å². The van der Waals surface area contributed by atoms with Gasteiger partial charge in [0.05, 0.1) is 6.04 Å². The van der Waals surface area contributed by atoms with Crippen molar-refractivity contribution in [1.29, 1.82) is 0 Å². The number of rotatable bonds is 5. The molecule has 0 bridgehead atoms. The van der Waals surface area contributed by atoms with Crippen LogP contribution in [0.2, 0.25) is 0 Å². The molecular formula is C19H26N4S2. The van der Waals surface area contributed by atoms with E-state index in [1.165, 1.54) is 4.88 Å². The molecule has 1 fully saturated rings. The first-order valence-corrected chi connectivity index (χ1v) is 10.0. The van der Waals surface area contributed by atoms with Crippen LogP contribution in [0.25, 0.3) is 0 Å². The second kappa shape index (κ2) is 8.76. The van der Waals surface area contributed by atoms with Crippen molar-refractivity contribution in [3.8, 4) is 0 Å². The summed E-state index contributed by atoms with van der Waals surface area (Å²) < 4.78 is 0. The standard InChI is InChI=1S/C19H26N4S2/c1-15(20-19(24)21-16-7-4-3-5-8-16)18(17-9-6-14-25-17)23-12-10-22(2)11-13-23/h3-9,14-15,18H,10-13H2,1-2H3,(H2,20,21,24)/t15-,18+/m0/s1. The van der Waals surface area contributed by atoms with E-state index in [2.05, 4.69) is 51.9 Å². The number of nitrogens with one attached hydrogen (secondary N) is 2. The van der Waals surface area contributed by atoms with Crippen LogP contribution in [-0.4, -0.2) is 54.2 Å². The first-order chi connectivity index (χ1) is 12.1. The minimum atomic E-state index is 0.228. The molecule has 2 atom stereocenters. The lowest BCUT2D eigenvalue weighted by molar-refractivity contribution is 0.0990. The van der Waals surface area contributed by atoms with E-state index >= 15 is 0 Å². The SMILES string of the molecule is C[C@H](NC(=S)Nc1ccccc1)[C@H](c1cccs1)N1CCN(C)CC1. The van der Waals surface area contributed by atoms with Gasteiger partial charge in [-0.2, -0.15) is 0 Å². The summed E-state index contributed by atoms with van der Waals surface area (Å²) >= 11 is 7.36. The van der Waals surface area contributed by atoms with Gasteiger partial charge in [-0.25, -0.2) is 0 Å². The van der Waals surface area contributed by atoms with Crippen LogP contribution in [-0.2, 0) is 0 Å². The summed E-state index contributed by atoms with van der Waals surface area (Å²) in [5.74, 6) is 0. The third-order valence-corrected chi connectivity index (χ3v) is 5.79. The van der Waals surface area contributed by atoms with E-state index in [0.29, 0.717) is 11.2 Å². The molecule has 0 spiro atoms. The van der Waals surface area contributed by atoms with E-state index in [4.69, 9.17) is 12.2 Å². The van der Waals surface area contributed by atoms with Crippen molar-refractivity contribution >= 4 is 34.4 Å². The Kier molecular flexibility index (Phi) is 6.42. The molecule has 3 rings (SSSR count). The van der Waals surface area contributed by atoms with Crippen LogP contribution in [0, 0.1) is 0 Å². The third kappa shape index (κ3) is 5.01. The smallest absolute Gasteiger partial charge is 0.171 e. The van der Waals surface area contributed by atoms with Gasteiger partial charge >= 0.3 is 0 Å². The Morgan fingerprint density at radius 1 is 1.08 bits per heavy atom. The van der Waals surface area contributed by atoms with Crippen LogP contribution in [0.15, 0.2) is 47.8 Å². The molecule has 1 saturated heterocycles. The Bertz CT molecular complexity index is 651. The number of nitrogens with zero attached hydrogens (tertiary/aromatic N) is 2. The van der Waals surface area contributed by atoms with E-state index < -0.39 is 0 Å². The number of thiocarbonyl (C=S) groups is 1. The van der Waals surface area contributed by atoms with Crippen LogP contribution in [0.4, 0.5) is 5.69 Å². The molecule has 2 heterocycles. The molecule has 6 heteroatoms. The lowest BCUT2D eigenvalue weighted by Crippen LogP contribution is -2.51. The maximum atomic E-state index is 5.54. The molecule has 2 N–H and O–H groups in total. The fourth-order valence-corrected chi connectivity index (χ4v) is 4.54. The minimum Gasteiger partial charge on any atom is -0.358 e. The monoisotopic (exact) mass is 374 g/mol. The van der Waals surface area contributed by atoms with Crippen molar-refractivity contribution in [2.75, 3.05) is 38.5 Å². The highest BCUT2D eigenvalue weighted by Gasteiger charge is 2.29. The molecule has 4 nitrogen and oxygen atoms in total. The first kappa shape index (κ1) is 18.3. The molecular weight excluding hydrogens is 348 g/mol. The molecule has 1 aromatic carbocycles. The predicted octanol–water partition coefficient (Wildman–Crippen LogP) is 3.41. The van der Waals surface area contributed by atoms with Gasteiger partial charge in [0.1, 0.15) is 0 Å². The molecule has 0 amide bonds. The Morgan fingerprint density at radius 2 is 1.80 bits per heavy atom. The number of hydrogen-bond donors (Lipinski definition) is 2. The van der Waals surface area contributed by atoms with E-state index in [1.54, 1.807) is 0 Å². The number of likely N-dealkylation sites (N-methyl/N-ethyl adjacent to an activating group) is 1. The zero-order chi connectivity index (χ0) is 17.6. The zero-order valence-corrected chi connectivity index (χ0v) is 16.4. The molecule has 0 saturated carbocycles. The van der Waals surface area contributed by atoms with Gasteiger partial charge in [0, 0.05) is 42.8 Å². The highest BCUT2D eigenvalue weighted by Crippen LogP contribution is 2.29. The summed E-state index contributed by atoms with van der Waals surface area (Å²) in [6, 6.07) is 15.0. The van der Waals surface area contributed by atoms with Gasteiger partial charge in [-0.3, -0.25) is 4.90 Å². The van der Waals surface area contributed by atoms with Crippen LogP contribution in [0.5, 0.6) is 0 Å². The summed E-state index contributed by atoms with van der Waals surface area (Å²) in [5.41, 5.74) is 1.01. The summed E-state index contributed by atoms with van der Waals surface area (Å²) in [7, 11) is 2.19. The molecule has 0 radical (unpaired) electrons. The highest BCUT2D eigenvalue weighted by molar-refractivity contribution is 7.80. The minimum absolute atomic E-state index is 0.228. The van der Waals surface area contributed by atoms with Crippen LogP contribution < -0.4 is 10.6 Å². The predicted molar refractivity (Wildman–Crippen MR) is 111 cm³/mol. The Balaban J connectivity index is 1.66. The highest BCUT2D eigenvalue weighted by atomic mass is 32.1. The molecule has 1 aliphatic rings. The summed E-state index contributed by atoms with van der Waals surface area (Å²) in [6.45, 7) is 6.62. The number of benzene rings is 1. The molecule has 25 heavy (non-hydrogen) atoms. The number of anilines is 1. The van der Waals surface area contributed by atoms with Crippen molar-refractivity contribution in [3.05, 3.63) is 52.7 Å². The van der Waals surface area contributed by atoms with Gasteiger partial charge < -0.3 is 15.5 Å². The van der Waals surface area contributed by atoms with Gasteiger partial charge in [-0.05, 0) is 49.8 Å². The topological polar surface area (TPSA) is 30.5 Å². The van der Waals surface area contributed by atoms with E-state index in [0.717, 1.165) is 31.9 Å². The average molecular weight is 375 g/mol. The van der Waals surface area contributed by atoms with Crippen LogP contribution >= 0.6 is 23.6 Å². The Labute approximate surface area is 159 Å². The fraction of sp³-hybridized carbons (Fsp3) is 0.421. The van der Waals surface area contributed by atoms with Crippen molar-refractivity contribution in [2.24, 2.45) is 0 Å². The Hall–Kier alpha value is -1.47. The summed E-state index contributed by atoms with van der Waals surface area (Å²) in [5, 5.41) is 9.61. The maximum absolute atomic E-state index is 5.54. The van der Waals surface area contributed by atoms with Crippen molar-refractivity contribution < 1.29 is 0 Å². The molecule has 0 aliphatic carbocycles. The normalized spacial score (nSPS) is 18.5. The summed E-state index contributed by atoms with van der Waals surface area (Å²) in [6.07, 6.45) is 0. The third-order valence-electron chi connectivity index (χ3n) is 4.63. The van der Waals surface area contributed by atoms with Crippen LogP contribution in [0.1, 0.15) is 17.8 Å². The number of piperazine rings is 1. The lowest BCUT2D eigenvalue weighted by Gasteiger charge is -2.40. The quantitative estimate of drug-likeness (QED) is 0.783. The fourth-order valence-electron chi connectivity index (χ4n) is 3.28. The van der Waals surface area contributed by atoms with Gasteiger partial charge in [-0.1, -0.05) is 24.3 Å². The molecule has 2 aromatic rings. The second-order valence-corrected chi connectivity index (χ2v) is 7.94. The van der Waals surface area contributed by atoms with Crippen molar-refractivity contribution in [3.63, 3.8) is 0 Å². The molecule has 0 unspecified atom stereocenters. The van der Waals surface area contributed by atoms with Gasteiger partial charge in [0.2, 0.25) is 0 Å². The number of thiophene rings is 1.